The van der Waals surface area contributed by atoms with Crippen molar-refractivity contribution in [3.63, 3.8) is 0 Å². The first-order valence-corrected chi connectivity index (χ1v) is 50.2. The lowest BCUT2D eigenvalue weighted by atomic mass is 9.82. The third-order valence-electron chi connectivity index (χ3n) is 28.7. The molecule has 0 N–H and O–H groups in total. The lowest BCUT2D eigenvalue weighted by Crippen LogP contribution is -1.94. The summed E-state index contributed by atoms with van der Waals surface area (Å²) in [6, 6.07) is 187. The number of hydrogen-bond donors (Lipinski definition) is 0. The van der Waals surface area contributed by atoms with Crippen LogP contribution in [0.4, 0.5) is 0 Å². The zero-order valence-corrected chi connectivity index (χ0v) is 81.2. The first-order chi connectivity index (χ1) is 70.6. The van der Waals surface area contributed by atoms with Gasteiger partial charge in [-0.3, -0.25) is 0 Å². The van der Waals surface area contributed by atoms with E-state index in [0.29, 0.717) is 5.56 Å². The van der Waals surface area contributed by atoms with E-state index in [1.165, 1.54) is 219 Å². The van der Waals surface area contributed by atoms with Crippen LogP contribution in [0.3, 0.4) is 0 Å². The Labute approximate surface area is 854 Å². The molecule has 0 saturated carbocycles. The van der Waals surface area contributed by atoms with E-state index in [1.54, 1.807) is 0 Å². The molecule has 0 spiro atoms. The van der Waals surface area contributed by atoms with Crippen LogP contribution in [0.2, 0.25) is 25.1 Å². The average molecular weight is 1920 g/mol. The highest BCUT2D eigenvalue weighted by Gasteiger charge is 2.28. The third kappa shape index (κ3) is 15.9. The molecule has 27 aromatic carbocycles. The third-order valence-corrected chi connectivity index (χ3v) is 31.0. The van der Waals surface area contributed by atoms with Crippen LogP contribution >= 0.6 is 58.0 Å². The number of fused-ring (bicyclic) bond motifs is 12. The highest BCUT2D eigenvalue weighted by Crippen LogP contribution is 2.55. The second kappa shape index (κ2) is 37.6. The van der Waals surface area contributed by atoms with Gasteiger partial charge >= 0.3 is 0 Å². The molecule has 0 amide bonds. The van der Waals surface area contributed by atoms with Crippen molar-refractivity contribution in [2.45, 2.75) is 0 Å². The standard InChI is InChI=1S/C54H34.C44H30.C40H21Cl5/c1-2-17-37(18-3-1)51-43-22-8-10-24-45(43)52(46-25-11-9-23-44(46)51)40-31-32-49-50(34-40)53(39-30-29-35-15-4-5-19-38(35)33-39)47-26-12-13-27-48(47)54(49)42-28-14-20-36-16-6-7-21-41(36)42;1-4-12-31(13-5-1)33-20-22-35(23-21-33)38-28-29-41-42(30-38)44(36-16-8-3-9-17-36)40-19-11-10-18-39(40)43(41)37-26-24-34(25-27-37)32-14-6-2-7-15-32;41-36-34(37(42)39(44)40(45)38(36)43)26-18-19-31-32(21-26)33(25-17-16-22-8-1-2-10-24(22)20-25)29-13-5-6-14-30(29)35(31)28-15-7-11-23-9-3-4-12-27(23)28/h1-34H;1-30H;1-21H. The second-order valence-corrected chi connectivity index (χ2v) is 38.6. The zero-order valence-electron chi connectivity index (χ0n) is 77.5. The maximum absolute atomic E-state index is 6.81. The number of benzene rings is 27. The van der Waals surface area contributed by atoms with E-state index in [0.717, 1.165) is 38.4 Å². The van der Waals surface area contributed by atoms with Crippen molar-refractivity contribution in [3.05, 3.63) is 541 Å². The minimum atomic E-state index is 0.138. The summed E-state index contributed by atoms with van der Waals surface area (Å²) >= 11 is 33.1. The zero-order chi connectivity index (χ0) is 95.7. The average Bonchev–Trinajstić information content (AvgIpc) is 0.725. The van der Waals surface area contributed by atoms with Gasteiger partial charge in [0.15, 0.2) is 0 Å². The fourth-order valence-corrected chi connectivity index (χ4v) is 23.5. The van der Waals surface area contributed by atoms with Gasteiger partial charge in [0.25, 0.3) is 0 Å². The van der Waals surface area contributed by atoms with E-state index < -0.39 is 0 Å². The van der Waals surface area contributed by atoms with Gasteiger partial charge in [-0.15, -0.1) is 0 Å². The topological polar surface area (TPSA) is 0 Å². The first kappa shape index (κ1) is 88.0. The first-order valence-electron chi connectivity index (χ1n) is 48.4. The number of halogens is 5. The van der Waals surface area contributed by atoms with Crippen molar-refractivity contribution in [3.8, 4) is 134 Å². The van der Waals surface area contributed by atoms with E-state index in [4.69, 9.17) is 58.0 Å². The van der Waals surface area contributed by atoms with E-state index in [-0.39, 0.29) is 25.1 Å². The van der Waals surface area contributed by atoms with Crippen molar-refractivity contribution < 1.29 is 0 Å². The van der Waals surface area contributed by atoms with Crippen LogP contribution in [0.15, 0.2) is 516 Å². The molecule has 0 radical (unpaired) electrons. The lowest BCUT2D eigenvalue weighted by molar-refractivity contribution is 1.59. The van der Waals surface area contributed by atoms with Gasteiger partial charge < -0.3 is 0 Å². The molecule has 5 heteroatoms. The number of hydrogen-bond acceptors (Lipinski definition) is 0. The van der Waals surface area contributed by atoms with E-state index in [1.807, 2.05) is 6.07 Å². The Morgan fingerprint density at radius 2 is 0.287 bits per heavy atom. The summed E-state index contributed by atoms with van der Waals surface area (Å²) in [6.45, 7) is 0. The summed E-state index contributed by atoms with van der Waals surface area (Å²) in [5.74, 6) is 0. The Bertz CT molecular complexity index is 9640. The lowest BCUT2D eigenvalue weighted by Gasteiger charge is -2.21. The smallest absolute Gasteiger partial charge is 0.0809 e. The van der Waals surface area contributed by atoms with E-state index in [9.17, 15) is 0 Å². The Hall–Kier alpha value is -16.5. The Morgan fingerprint density at radius 3 is 0.650 bits per heavy atom. The summed E-state index contributed by atoms with van der Waals surface area (Å²) in [4.78, 5) is 0. The molecule has 27 aromatic rings. The molecule has 0 unspecified atom stereocenters. The van der Waals surface area contributed by atoms with Crippen molar-refractivity contribution >= 4 is 187 Å². The monoisotopic (exact) mass is 1920 g/mol. The quantitative estimate of drug-likeness (QED) is 0.0650. The van der Waals surface area contributed by atoms with Crippen LogP contribution in [0.1, 0.15) is 0 Å². The summed E-state index contributed by atoms with van der Waals surface area (Å²) in [7, 11) is 0. The predicted molar refractivity (Wildman–Crippen MR) is 620 cm³/mol. The van der Waals surface area contributed by atoms with Crippen LogP contribution in [0.25, 0.3) is 263 Å². The molecule has 0 heterocycles. The molecule has 0 aliphatic rings. The van der Waals surface area contributed by atoms with Crippen LogP contribution < -0.4 is 0 Å². The van der Waals surface area contributed by atoms with Crippen molar-refractivity contribution in [2.24, 2.45) is 0 Å². The molecule has 0 fully saturated rings. The van der Waals surface area contributed by atoms with Gasteiger partial charge in [-0.05, 0) is 288 Å². The molecule has 143 heavy (non-hydrogen) atoms. The van der Waals surface area contributed by atoms with Gasteiger partial charge in [-0.25, -0.2) is 0 Å². The maximum atomic E-state index is 6.81. The van der Waals surface area contributed by atoms with Gasteiger partial charge in [0.05, 0.1) is 25.1 Å². The molecule has 0 aliphatic heterocycles. The van der Waals surface area contributed by atoms with Gasteiger partial charge in [0.2, 0.25) is 0 Å². The normalized spacial score (nSPS) is 11.5. The van der Waals surface area contributed by atoms with Crippen LogP contribution in [0, 0.1) is 0 Å². The van der Waals surface area contributed by atoms with Crippen molar-refractivity contribution in [1.29, 1.82) is 0 Å². The molecule has 0 saturated heterocycles. The highest BCUT2D eigenvalue weighted by molar-refractivity contribution is 6.56. The molecule has 0 nitrogen and oxygen atoms in total. The molecular formula is C138H85Cl5. The molecule has 0 aliphatic carbocycles. The van der Waals surface area contributed by atoms with Gasteiger partial charge in [0, 0.05) is 5.56 Å². The largest absolute Gasteiger partial charge is 0.0819 e. The van der Waals surface area contributed by atoms with E-state index in [2.05, 4.69) is 510 Å². The fraction of sp³-hybridized carbons (Fsp3) is 0. The van der Waals surface area contributed by atoms with E-state index >= 15 is 0 Å². The molecule has 27 rings (SSSR count). The van der Waals surface area contributed by atoms with Crippen LogP contribution in [0.5, 0.6) is 0 Å². The summed E-state index contributed by atoms with van der Waals surface area (Å²) in [5, 5.41) is 30.4. The summed E-state index contributed by atoms with van der Waals surface area (Å²) in [5.41, 5.74) is 28.3. The molecule has 0 bridgehead atoms. The van der Waals surface area contributed by atoms with Gasteiger partial charge in [-0.1, -0.05) is 543 Å². The maximum Gasteiger partial charge on any atom is 0.0809 e. The van der Waals surface area contributed by atoms with Crippen molar-refractivity contribution in [1.82, 2.24) is 0 Å². The van der Waals surface area contributed by atoms with Crippen LogP contribution in [-0.4, -0.2) is 0 Å². The fourth-order valence-electron chi connectivity index (χ4n) is 22.2. The highest BCUT2D eigenvalue weighted by atomic mass is 35.5. The Balaban J connectivity index is 0.000000113. The second-order valence-electron chi connectivity index (χ2n) is 36.7. The Morgan fingerprint density at radius 1 is 0.0909 bits per heavy atom. The minimum Gasteiger partial charge on any atom is -0.0819 e. The minimum absolute atomic E-state index is 0.138. The number of rotatable bonds is 12. The predicted octanol–water partition coefficient (Wildman–Crippen LogP) is 42.2. The summed E-state index contributed by atoms with van der Waals surface area (Å²) in [6.07, 6.45) is 0. The molecule has 0 atom stereocenters. The summed E-state index contributed by atoms with van der Waals surface area (Å²) < 4.78 is 0. The molecule has 672 valence electrons. The molecular weight excluding hydrogens is 1830 g/mol. The van der Waals surface area contributed by atoms with Gasteiger partial charge in [-0.2, -0.15) is 0 Å². The Kier molecular flexibility index (Phi) is 23.1. The van der Waals surface area contributed by atoms with Gasteiger partial charge in [0.1, 0.15) is 0 Å². The van der Waals surface area contributed by atoms with Crippen LogP contribution in [-0.2, 0) is 0 Å². The SMILES string of the molecule is Clc1c(Cl)c(Cl)c(-c2ccc3c(-c4cccc5ccccc45)c4ccccc4c(-c4ccc5ccccc5c4)c3c2)c(Cl)c1Cl.c1ccc(-c2c3ccccc3c(-c3ccc4c(-c5cccc6ccccc56)c5ccccc5c(-c5ccc6ccccc6c5)c4c3)c3ccccc23)cc1.c1ccc(-c2ccc(-c3ccc4c(-c5ccc(-c6ccccc6)cc5)c5ccccc5c(-c5ccccc5)c4c3)cc2)cc1. The van der Waals surface area contributed by atoms with Crippen molar-refractivity contribution in [2.75, 3.05) is 0 Å². The molecule has 0 aromatic heterocycles.